The fourth-order valence-corrected chi connectivity index (χ4v) is 1.90. The smallest absolute Gasteiger partial charge is 0.339 e. The molecule has 3 nitrogen and oxygen atoms in total. The van der Waals surface area contributed by atoms with Crippen LogP contribution in [0.25, 0.3) is 0 Å². The van der Waals surface area contributed by atoms with Crippen LogP contribution in [0.4, 0.5) is 10.1 Å². The Morgan fingerprint density at radius 2 is 2.29 bits per heavy atom. The predicted molar refractivity (Wildman–Crippen MR) is 63.6 cm³/mol. The number of rotatable bonds is 4. The number of halogens is 1. The van der Waals surface area contributed by atoms with Gasteiger partial charge in [0.1, 0.15) is 5.82 Å². The van der Waals surface area contributed by atoms with E-state index in [4.69, 9.17) is 0 Å². The number of anilines is 1. The molecule has 2 rings (SSSR count). The highest BCUT2D eigenvalue weighted by atomic mass is 19.1. The number of carbonyl (C=O) groups is 1. The summed E-state index contributed by atoms with van der Waals surface area (Å²) >= 11 is 0. The lowest BCUT2D eigenvalue weighted by Crippen LogP contribution is -2.22. The third kappa shape index (κ3) is 2.75. The van der Waals surface area contributed by atoms with Crippen molar-refractivity contribution in [1.29, 1.82) is 0 Å². The Bertz CT molecular complexity index is 416. The highest BCUT2D eigenvalue weighted by Gasteiger charge is 2.18. The molecule has 1 aromatic rings. The lowest BCUT2D eigenvalue weighted by molar-refractivity contribution is 0.0601. The molecule has 92 valence electrons. The molecule has 1 fully saturated rings. The van der Waals surface area contributed by atoms with E-state index >= 15 is 0 Å². The molecule has 1 saturated carbocycles. The fourth-order valence-electron chi connectivity index (χ4n) is 1.90. The summed E-state index contributed by atoms with van der Waals surface area (Å²) in [5.74, 6) is -0.154. The maximum Gasteiger partial charge on any atom is 0.339 e. The molecule has 0 bridgehead atoms. The van der Waals surface area contributed by atoms with Crippen LogP contribution in [0.2, 0.25) is 0 Å². The summed E-state index contributed by atoms with van der Waals surface area (Å²) in [4.78, 5) is 11.5. The maximum atomic E-state index is 13.1. The van der Waals surface area contributed by atoms with Crippen LogP contribution in [-0.2, 0) is 4.74 Å². The average molecular weight is 237 g/mol. The number of ether oxygens (including phenoxy) is 1. The van der Waals surface area contributed by atoms with E-state index < -0.39 is 5.97 Å². The highest BCUT2D eigenvalue weighted by Crippen LogP contribution is 2.27. The van der Waals surface area contributed by atoms with Crippen molar-refractivity contribution in [3.05, 3.63) is 29.6 Å². The number of nitrogens with one attached hydrogen (secondary N) is 1. The van der Waals surface area contributed by atoms with E-state index in [1.807, 2.05) is 0 Å². The van der Waals surface area contributed by atoms with Crippen molar-refractivity contribution in [2.24, 2.45) is 5.92 Å². The molecule has 0 amide bonds. The second-order valence-corrected chi connectivity index (χ2v) is 4.36. The molecular weight excluding hydrogens is 221 g/mol. The minimum atomic E-state index is -0.443. The van der Waals surface area contributed by atoms with Crippen molar-refractivity contribution in [2.45, 2.75) is 19.3 Å². The van der Waals surface area contributed by atoms with Gasteiger partial charge in [0.2, 0.25) is 0 Å². The van der Waals surface area contributed by atoms with Gasteiger partial charge in [-0.05, 0) is 37.0 Å². The number of carbonyl (C=O) groups excluding carboxylic acids is 1. The minimum Gasteiger partial charge on any atom is -0.465 e. The second-order valence-electron chi connectivity index (χ2n) is 4.36. The molecule has 0 aromatic heterocycles. The quantitative estimate of drug-likeness (QED) is 0.818. The van der Waals surface area contributed by atoms with Crippen LogP contribution < -0.4 is 5.32 Å². The van der Waals surface area contributed by atoms with Crippen LogP contribution in [0.15, 0.2) is 18.2 Å². The van der Waals surface area contributed by atoms with Gasteiger partial charge in [0, 0.05) is 6.54 Å². The largest absolute Gasteiger partial charge is 0.465 e. The fraction of sp³-hybridized carbons (Fsp3) is 0.462. The first-order valence-electron chi connectivity index (χ1n) is 5.82. The molecule has 0 heterocycles. The Kier molecular flexibility index (Phi) is 3.61. The van der Waals surface area contributed by atoms with Crippen LogP contribution in [0, 0.1) is 11.7 Å². The van der Waals surface area contributed by atoms with Gasteiger partial charge in [-0.15, -0.1) is 0 Å². The first-order valence-corrected chi connectivity index (χ1v) is 5.82. The zero-order valence-corrected chi connectivity index (χ0v) is 9.83. The standard InChI is InChI=1S/C13H16FNO2/c1-17-13(16)11-6-5-10(14)7-12(11)15-8-9-3-2-4-9/h5-7,9,15H,2-4,8H2,1H3. The molecule has 17 heavy (non-hydrogen) atoms. The summed E-state index contributed by atoms with van der Waals surface area (Å²) < 4.78 is 17.8. The summed E-state index contributed by atoms with van der Waals surface area (Å²) in [6.45, 7) is 0.785. The van der Waals surface area contributed by atoms with Crippen LogP contribution in [0.3, 0.4) is 0 Å². The molecule has 4 heteroatoms. The molecule has 1 aliphatic rings. The summed E-state index contributed by atoms with van der Waals surface area (Å²) in [5.41, 5.74) is 0.900. The zero-order valence-electron chi connectivity index (χ0n) is 9.83. The van der Waals surface area contributed by atoms with Crippen LogP contribution in [0.1, 0.15) is 29.6 Å². The minimum absolute atomic E-state index is 0.353. The maximum absolute atomic E-state index is 13.1. The van der Waals surface area contributed by atoms with Gasteiger partial charge in [-0.25, -0.2) is 9.18 Å². The van der Waals surface area contributed by atoms with Gasteiger partial charge in [0.25, 0.3) is 0 Å². The Balaban J connectivity index is 2.11. The molecule has 1 aliphatic carbocycles. The van der Waals surface area contributed by atoms with Crippen LogP contribution >= 0.6 is 0 Å². The average Bonchev–Trinajstić information content (AvgIpc) is 2.26. The Morgan fingerprint density at radius 1 is 1.53 bits per heavy atom. The third-order valence-electron chi connectivity index (χ3n) is 3.19. The van der Waals surface area contributed by atoms with E-state index in [-0.39, 0.29) is 5.82 Å². The SMILES string of the molecule is COC(=O)c1ccc(F)cc1NCC1CCC1. The summed E-state index contributed by atoms with van der Waals surface area (Å²) in [6, 6.07) is 4.05. The molecule has 1 aromatic carbocycles. The van der Waals surface area contributed by atoms with Gasteiger partial charge >= 0.3 is 5.97 Å². The van der Waals surface area contributed by atoms with Crippen molar-refractivity contribution in [3.63, 3.8) is 0 Å². The van der Waals surface area contributed by atoms with Crippen molar-refractivity contribution < 1.29 is 13.9 Å². The predicted octanol–water partition coefficient (Wildman–Crippen LogP) is 2.82. The van der Waals surface area contributed by atoms with Crippen LogP contribution in [-0.4, -0.2) is 19.6 Å². The van der Waals surface area contributed by atoms with Gasteiger partial charge < -0.3 is 10.1 Å². The number of hydrogen-bond donors (Lipinski definition) is 1. The molecule has 0 spiro atoms. The molecule has 0 radical (unpaired) electrons. The normalized spacial score (nSPS) is 15.2. The zero-order chi connectivity index (χ0) is 12.3. The third-order valence-corrected chi connectivity index (χ3v) is 3.19. The first kappa shape index (κ1) is 11.9. The van der Waals surface area contributed by atoms with Gasteiger partial charge in [-0.3, -0.25) is 0 Å². The van der Waals surface area contributed by atoms with Crippen molar-refractivity contribution in [3.8, 4) is 0 Å². The molecule has 0 saturated heterocycles. The summed E-state index contributed by atoms with van der Waals surface area (Å²) in [7, 11) is 1.32. The van der Waals surface area contributed by atoms with E-state index in [0.717, 1.165) is 6.54 Å². The first-order chi connectivity index (χ1) is 8.20. The number of esters is 1. The summed E-state index contributed by atoms with van der Waals surface area (Å²) in [5, 5.41) is 3.13. The monoisotopic (exact) mass is 237 g/mol. The van der Waals surface area contributed by atoms with E-state index in [2.05, 4.69) is 10.1 Å². The summed E-state index contributed by atoms with van der Waals surface area (Å²) in [6.07, 6.45) is 3.67. The molecular formula is C13H16FNO2. The Labute approximate surface area is 100.0 Å². The van der Waals surface area contributed by atoms with Gasteiger partial charge in [0.15, 0.2) is 0 Å². The molecule has 0 unspecified atom stereocenters. The number of methoxy groups -OCH3 is 1. The second kappa shape index (κ2) is 5.17. The van der Waals surface area contributed by atoms with E-state index in [9.17, 15) is 9.18 Å². The van der Waals surface area contributed by atoms with Crippen molar-refractivity contribution in [1.82, 2.24) is 0 Å². The Morgan fingerprint density at radius 3 is 2.88 bits per heavy atom. The van der Waals surface area contributed by atoms with E-state index in [1.54, 1.807) is 0 Å². The molecule has 0 atom stereocenters. The van der Waals surface area contributed by atoms with Crippen molar-refractivity contribution >= 4 is 11.7 Å². The number of benzene rings is 1. The van der Waals surface area contributed by atoms with Gasteiger partial charge in [0.05, 0.1) is 18.4 Å². The highest BCUT2D eigenvalue weighted by molar-refractivity contribution is 5.95. The van der Waals surface area contributed by atoms with Gasteiger partial charge in [-0.1, -0.05) is 6.42 Å². The lowest BCUT2D eigenvalue weighted by atomic mass is 9.85. The molecule has 1 N–H and O–H groups in total. The van der Waals surface area contributed by atoms with E-state index in [0.29, 0.717) is 17.2 Å². The lowest BCUT2D eigenvalue weighted by Gasteiger charge is -2.26. The van der Waals surface area contributed by atoms with Crippen LogP contribution in [0.5, 0.6) is 0 Å². The van der Waals surface area contributed by atoms with Gasteiger partial charge in [-0.2, -0.15) is 0 Å². The topological polar surface area (TPSA) is 38.3 Å². The molecule has 0 aliphatic heterocycles. The van der Waals surface area contributed by atoms with Crippen molar-refractivity contribution in [2.75, 3.05) is 19.0 Å². The number of hydrogen-bond acceptors (Lipinski definition) is 3. The van der Waals surface area contributed by atoms with E-state index in [1.165, 1.54) is 44.6 Å². The Hall–Kier alpha value is -1.58.